The summed E-state index contributed by atoms with van der Waals surface area (Å²) in [6.07, 6.45) is 5.73. The Bertz CT molecular complexity index is 1120. The summed E-state index contributed by atoms with van der Waals surface area (Å²) < 4.78 is 3.35. The first-order valence-corrected chi connectivity index (χ1v) is 10.1. The Labute approximate surface area is 168 Å². The molecule has 2 aliphatic rings. The number of aromatic nitrogens is 4. The highest BCUT2D eigenvalue weighted by atomic mass is 16.2. The fraction of sp³-hybridized carbons (Fsp3) is 0.429. The molecule has 0 radical (unpaired) electrons. The Morgan fingerprint density at radius 1 is 1.14 bits per heavy atom. The van der Waals surface area contributed by atoms with Gasteiger partial charge in [0, 0.05) is 51.7 Å². The zero-order valence-corrected chi connectivity index (χ0v) is 16.5. The van der Waals surface area contributed by atoms with Crippen molar-refractivity contribution >= 4 is 22.5 Å². The Balaban J connectivity index is 1.31. The van der Waals surface area contributed by atoms with Crippen LogP contribution in [0, 0.1) is 5.92 Å². The average molecular weight is 392 g/mol. The van der Waals surface area contributed by atoms with Crippen LogP contribution in [-0.4, -0.2) is 56.3 Å². The molecule has 3 heterocycles. The minimum atomic E-state index is 0.0149. The number of carbonyl (C=O) groups excluding carboxylic acids is 1. The smallest absolute Gasteiger partial charge is 0.272 e. The van der Waals surface area contributed by atoms with E-state index in [0.717, 1.165) is 30.8 Å². The highest BCUT2D eigenvalue weighted by Gasteiger charge is 2.25. The first-order chi connectivity index (χ1) is 14.1. The fourth-order valence-corrected chi connectivity index (χ4v) is 3.97. The molecule has 0 N–H and O–H groups in total. The van der Waals surface area contributed by atoms with Gasteiger partial charge in [-0.15, -0.1) is 0 Å². The highest BCUT2D eigenvalue weighted by Crippen LogP contribution is 2.30. The molecule has 0 spiro atoms. The molecule has 0 unspecified atom stereocenters. The lowest BCUT2D eigenvalue weighted by molar-refractivity contribution is 0.0735. The molecule has 1 aliphatic carbocycles. The monoisotopic (exact) mass is 392 g/mol. The van der Waals surface area contributed by atoms with E-state index in [1.807, 2.05) is 23.1 Å². The van der Waals surface area contributed by atoms with Crippen LogP contribution in [0.3, 0.4) is 0 Å². The lowest BCUT2D eigenvalue weighted by Gasteiger charge is -2.36. The first-order valence-electron chi connectivity index (χ1n) is 10.1. The Kier molecular flexibility index (Phi) is 4.34. The normalized spacial score (nSPS) is 17.1. The van der Waals surface area contributed by atoms with Crippen LogP contribution in [0.25, 0.3) is 10.9 Å². The minimum Gasteiger partial charge on any atom is -0.368 e. The van der Waals surface area contributed by atoms with Crippen molar-refractivity contribution in [2.45, 2.75) is 19.4 Å². The summed E-state index contributed by atoms with van der Waals surface area (Å²) in [7, 11) is 1.78. The van der Waals surface area contributed by atoms with Crippen molar-refractivity contribution in [1.29, 1.82) is 0 Å². The Morgan fingerprint density at radius 2 is 1.93 bits per heavy atom. The van der Waals surface area contributed by atoms with E-state index in [1.54, 1.807) is 34.9 Å². The van der Waals surface area contributed by atoms with E-state index < -0.39 is 0 Å². The van der Waals surface area contributed by atoms with Crippen LogP contribution in [0.2, 0.25) is 0 Å². The highest BCUT2D eigenvalue weighted by molar-refractivity contribution is 5.92. The molecule has 8 heteroatoms. The van der Waals surface area contributed by atoms with E-state index in [2.05, 4.69) is 15.0 Å². The second-order valence-electron chi connectivity index (χ2n) is 7.97. The summed E-state index contributed by atoms with van der Waals surface area (Å²) in [4.78, 5) is 34.0. The number of hydrogen-bond donors (Lipinski definition) is 0. The maximum absolute atomic E-state index is 12.7. The van der Waals surface area contributed by atoms with Gasteiger partial charge < -0.3 is 9.80 Å². The number of aryl methyl sites for hydroxylation is 1. The molecular weight excluding hydrogens is 368 g/mol. The van der Waals surface area contributed by atoms with E-state index in [-0.39, 0.29) is 11.5 Å². The van der Waals surface area contributed by atoms with Gasteiger partial charge in [0.25, 0.3) is 11.5 Å². The van der Waals surface area contributed by atoms with Gasteiger partial charge in [0.2, 0.25) is 0 Å². The number of amides is 1. The molecule has 0 atom stereocenters. The van der Waals surface area contributed by atoms with Crippen molar-refractivity contribution in [2.75, 3.05) is 31.1 Å². The van der Waals surface area contributed by atoms with Gasteiger partial charge in [-0.1, -0.05) is 0 Å². The summed E-state index contributed by atoms with van der Waals surface area (Å²) >= 11 is 0. The van der Waals surface area contributed by atoms with Crippen molar-refractivity contribution in [2.24, 2.45) is 13.0 Å². The molecular formula is C21H24N6O2. The van der Waals surface area contributed by atoms with Crippen molar-refractivity contribution in [1.82, 2.24) is 24.2 Å². The Morgan fingerprint density at radius 3 is 2.62 bits per heavy atom. The van der Waals surface area contributed by atoms with E-state index in [1.165, 1.54) is 12.8 Å². The largest absolute Gasteiger partial charge is 0.368 e. The lowest BCUT2D eigenvalue weighted by atomic mass is 10.2. The van der Waals surface area contributed by atoms with Crippen molar-refractivity contribution in [3.8, 4) is 0 Å². The molecule has 150 valence electrons. The average Bonchev–Trinajstić information content (AvgIpc) is 3.47. The van der Waals surface area contributed by atoms with Gasteiger partial charge in [0.15, 0.2) is 0 Å². The standard InChI is InChI=1S/C21H24N6O2/c1-24-19(6-7-23-24)21(29)26-10-8-25(9-11-26)16-4-5-17-18(12-16)22-14-27(20(17)28)13-15-2-3-15/h4-7,12,14-15H,2-3,8-11,13H2,1H3. The zero-order chi connectivity index (χ0) is 20.0. The third-order valence-corrected chi connectivity index (χ3v) is 5.93. The fourth-order valence-electron chi connectivity index (χ4n) is 3.97. The summed E-state index contributed by atoms with van der Waals surface area (Å²) in [6.45, 7) is 3.56. The van der Waals surface area contributed by atoms with Gasteiger partial charge in [-0.3, -0.25) is 18.8 Å². The molecule has 1 saturated carbocycles. The zero-order valence-electron chi connectivity index (χ0n) is 16.5. The molecule has 2 fully saturated rings. The van der Waals surface area contributed by atoms with Crippen molar-refractivity contribution in [3.63, 3.8) is 0 Å². The van der Waals surface area contributed by atoms with E-state index in [4.69, 9.17) is 0 Å². The topological polar surface area (TPSA) is 76.3 Å². The van der Waals surface area contributed by atoms with E-state index in [0.29, 0.717) is 30.1 Å². The molecule has 0 bridgehead atoms. The molecule has 1 aromatic carbocycles. The quantitative estimate of drug-likeness (QED) is 0.673. The summed E-state index contributed by atoms with van der Waals surface area (Å²) in [5.41, 5.74) is 2.42. The molecule has 5 rings (SSSR count). The van der Waals surface area contributed by atoms with Gasteiger partial charge in [-0.05, 0) is 43.0 Å². The number of rotatable bonds is 4. The predicted octanol–water partition coefficient (Wildman–Crippen LogP) is 1.50. The van der Waals surface area contributed by atoms with Gasteiger partial charge in [-0.25, -0.2) is 4.98 Å². The number of fused-ring (bicyclic) bond motifs is 1. The van der Waals surface area contributed by atoms with Crippen LogP contribution in [0.15, 0.2) is 41.6 Å². The number of nitrogens with zero attached hydrogens (tertiary/aromatic N) is 6. The van der Waals surface area contributed by atoms with Gasteiger partial charge in [0.1, 0.15) is 5.69 Å². The molecule has 8 nitrogen and oxygen atoms in total. The second kappa shape index (κ2) is 7.02. The van der Waals surface area contributed by atoms with Crippen LogP contribution < -0.4 is 10.5 Å². The maximum Gasteiger partial charge on any atom is 0.272 e. The van der Waals surface area contributed by atoms with Crippen LogP contribution in [-0.2, 0) is 13.6 Å². The van der Waals surface area contributed by atoms with Crippen molar-refractivity contribution < 1.29 is 4.79 Å². The number of carbonyl (C=O) groups is 1. The first kappa shape index (κ1) is 17.9. The number of anilines is 1. The number of benzene rings is 1. The van der Waals surface area contributed by atoms with Crippen LogP contribution in [0.1, 0.15) is 23.3 Å². The number of piperazine rings is 1. The summed E-state index contributed by atoms with van der Waals surface area (Å²) in [5.74, 6) is 0.651. The third kappa shape index (κ3) is 3.39. The number of hydrogen-bond acceptors (Lipinski definition) is 5. The van der Waals surface area contributed by atoms with Crippen LogP contribution >= 0.6 is 0 Å². The van der Waals surface area contributed by atoms with Gasteiger partial charge >= 0.3 is 0 Å². The maximum atomic E-state index is 12.7. The van der Waals surface area contributed by atoms with Crippen molar-refractivity contribution in [3.05, 3.63) is 52.8 Å². The molecule has 1 amide bonds. The molecule has 29 heavy (non-hydrogen) atoms. The minimum absolute atomic E-state index is 0.0149. The molecule has 3 aromatic rings. The molecule has 2 aromatic heterocycles. The van der Waals surface area contributed by atoms with Crippen LogP contribution in [0.4, 0.5) is 5.69 Å². The second-order valence-corrected chi connectivity index (χ2v) is 7.97. The van der Waals surface area contributed by atoms with Crippen LogP contribution in [0.5, 0.6) is 0 Å². The third-order valence-electron chi connectivity index (χ3n) is 5.93. The van der Waals surface area contributed by atoms with Gasteiger partial charge in [0.05, 0.1) is 17.2 Å². The SMILES string of the molecule is Cn1nccc1C(=O)N1CCN(c2ccc3c(=O)n(CC4CC4)cnc3c2)CC1. The summed E-state index contributed by atoms with van der Waals surface area (Å²) in [5, 5.41) is 4.75. The summed E-state index contributed by atoms with van der Waals surface area (Å²) in [6, 6.07) is 7.61. The Hall–Kier alpha value is -3.16. The predicted molar refractivity (Wildman–Crippen MR) is 110 cm³/mol. The van der Waals surface area contributed by atoms with Gasteiger partial charge in [-0.2, -0.15) is 5.10 Å². The lowest BCUT2D eigenvalue weighted by Crippen LogP contribution is -2.49. The van der Waals surface area contributed by atoms with E-state index in [9.17, 15) is 9.59 Å². The van der Waals surface area contributed by atoms with E-state index >= 15 is 0 Å². The molecule has 1 aliphatic heterocycles. The molecule has 1 saturated heterocycles.